The van der Waals surface area contributed by atoms with E-state index in [-0.39, 0.29) is 6.10 Å². The molecule has 0 spiro atoms. The average Bonchev–Trinajstić information content (AvgIpc) is 1.82. The molecule has 0 aromatic heterocycles. The lowest BCUT2D eigenvalue weighted by atomic mass is 10.5. The minimum atomic E-state index is 0.123. The minimum Gasteiger partial charge on any atom is -0.463 e. The Kier molecular flexibility index (Phi) is 4.46. The minimum absolute atomic E-state index is 0.123. The van der Waals surface area contributed by atoms with E-state index in [4.69, 9.17) is 9.47 Å². The molecule has 0 heterocycles. The van der Waals surface area contributed by atoms with Crippen molar-refractivity contribution in [3.8, 4) is 0 Å². The Morgan fingerprint density at radius 3 is 2.60 bits per heavy atom. The van der Waals surface area contributed by atoms with Crippen LogP contribution in [0.1, 0.15) is 13.8 Å². The Morgan fingerprint density at radius 1 is 1.60 bits per heavy atom. The van der Waals surface area contributed by atoms with Crippen LogP contribution in [0.4, 0.5) is 0 Å². The van der Waals surface area contributed by atoms with E-state index < -0.39 is 0 Å². The molecule has 0 aromatic rings. The van der Waals surface area contributed by atoms with E-state index in [2.05, 4.69) is 13.2 Å². The summed E-state index contributed by atoms with van der Waals surface area (Å²) < 4.78 is 10.1. The van der Waals surface area contributed by atoms with Gasteiger partial charge in [-0.05, 0) is 20.4 Å². The monoisotopic (exact) mass is 142 g/mol. The third kappa shape index (κ3) is 5.22. The molecule has 0 aliphatic heterocycles. The van der Waals surface area contributed by atoms with Gasteiger partial charge in [0.25, 0.3) is 5.95 Å². The van der Waals surface area contributed by atoms with Crippen LogP contribution >= 0.6 is 0 Å². The molecule has 0 aliphatic carbocycles. The first-order valence-corrected chi connectivity index (χ1v) is 3.26. The van der Waals surface area contributed by atoms with Crippen molar-refractivity contribution in [2.75, 3.05) is 6.61 Å². The highest BCUT2D eigenvalue weighted by Crippen LogP contribution is 2.00. The van der Waals surface area contributed by atoms with Crippen molar-refractivity contribution in [2.24, 2.45) is 0 Å². The average molecular weight is 142 g/mol. The summed E-state index contributed by atoms with van der Waals surface area (Å²) in [6, 6.07) is 0. The normalized spacial score (nSPS) is 9.10. The van der Waals surface area contributed by atoms with Crippen LogP contribution in [0.5, 0.6) is 0 Å². The Balaban J connectivity index is 3.34. The van der Waals surface area contributed by atoms with E-state index >= 15 is 0 Å². The van der Waals surface area contributed by atoms with Gasteiger partial charge in [-0.25, -0.2) is 0 Å². The van der Waals surface area contributed by atoms with Gasteiger partial charge in [0, 0.05) is 0 Å². The summed E-state index contributed by atoms with van der Waals surface area (Å²) in [5, 5.41) is 0. The maximum Gasteiger partial charge on any atom is 0.272 e. The Bertz CT molecular complexity index is 116. The van der Waals surface area contributed by atoms with E-state index in [1.807, 2.05) is 13.8 Å². The molecule has 58 valence electrons. The zero-order valence-corrected chi connectivity index (χ0v) is 6.59. The molecule has 0 unspecified atom stereocenters. The van der Waals surface area contributed by atoms with Crippen molar-refractivity contribution < 1.29 is 9.47 Å². The molecule has 0 fully saturated rings. The first-order chi connectivity index (χ1) is 4.66. The molecular formula is C8H14O2. The zero-order chi connectivity index (χ0) is 7.98. The van der Waals surface area contributed by atoms with Gasteiger partial charge in [-0.2, -0.15) is 0 Å². The van der Waals surface area contributed by atoms with Crippen molar-refractivity contribution in [3.63, 3.8) is 0 Å². The summed E-state index contributed by atoms with van der Waals surface area (Å²) >= 11 is 0. The molecule has 10 heavy (non-hydrogen) atoms. The SMILES string of the molecule is C=CCOC(=C)OC(C)C. The molecule has 0 aliphatic rings. The van der Waals surface area contributed by atoms with Crippen LogP contribution in [0, 0.1) is 0 Å². The van der Waals surface area contributed by atoms with Gasteiger partial charge in [-0.15, -0.1) is 0 Å². The molecule has 0 bridgehead atoms. The number of ether oxygens (including phenoxy) is 2. The third-order valence-corrected chi connectivity index (χ3v) is 0.729. The molecule has 0 radical (unpaired) electrons. The smallest absolute Gasteiger partial charge is 0.272 e. The maximum atomic E-state index is 5.09. The van der Waals surface area contributed by atoms with Crippen molar-refractivity contribution in [1.29, 1.82) is 0 Å². The van der Waals surface area contributed by atoms with Crippen LogP contribution in [-0.2, 0) is 9.47 Å². The standard InChI is InChI=1S/C8H14O2/c1-5-6-9-8(4)10-7(2)3/h5,7H,1,4,6H2,2-3H3. The van der Waals surface area contributed by atoms with E-state index in [0.29, 0.717) is 12.6 Å². The largest absolute Gasteiger partial charge is 0.463 e. The Morgan fingerprint density at radius 2 is 2.20 bits per heavy atom. The van der Waals surface area contributed by atoms with Crippen LogP contribution in [-0.4, -0.2) is 12.7 Å². The highest BCUT2D eigenvalue weighted by molar-refractivity contribution is 4.73. The van der Waals surface area contributed by atoms with Gasteiger partial charge in [0.1, 0.15) is 6.61 Å². The van der Waals surface area contributed by atoms with Gasteiger partial charge in [0.15, 0.2) is 0 Å². The van der Waals surface area contributed by atoms with E-state index in [1.165, 1.54) is 0 Å². The van der Waals surface area contributed by atoms with E-state index in [9.17, 15) is 0 Å². The van der Waals surface area contributed by atoms with Crippen molar-refractivity contribution in [3.05, 3.63) is 25.2 Å². The molecule has 2 nitrogen and oxygen atoms in total. The fourth-order valence-electron chi connectivity index (χ4n) is 0.449. The topological polar surface area (TPSA) is 18.5 Å². The summed E-state index contributed by atoms with van der Waals surface area (Å²) in [6.07, 6.45) is 1.77. The molecule has 0 N–H and O–H groups in total. The number of rotatable bonds is 5. The summed E-state index contributed by atoms with van der Waals surface area (Å²) in [5.74, 6) is 0.356. The lowest BCUT2D eigenvalue weighted by Gasteiger charge is -2.11. The lowest BCUT2D eigenvalue weighted by molar-refractivity contribution is 0.0176. The second-order valence-corrected chi connectivity index (χ2v) is 2.14. The van der Waals surface area contributed by atoms with E-state index in [1.54, 1.807) is 6.08 Å². The van der Waals surface area contributed by atoms with Gasteiger partial charge < -0.3 is 9.47 Å². The Labute approximate surface area is 62.1 Å². The maximum absolute atomic E-state index is 5.09. The third-order valence-electron chi connectivity index (χ3n) is 0.729. The van der Waals surface area contributed by atoms with Crippen LogP contribution in [0.25, 0.3) is 0 Å². The number of hydrogen-bond donors (Lipinski definition) is 0. The summed E-state index contributed by atoms with van der Waals surface area (Å²) in [6.45, 7) is 11.3. The lowest BCUT2D eigenvalue weighted by Crippen LogP contribution is -2.04. The quantitative estimate of drug-likeness (QED) is 0.432. The second kappa shape index (κ2) is 4.91. The summed E-state index contributed by atoms with van der Waals surface area (Å²) in [5.41, 5.74) is 0. The van der Waals surface area contributed by atoms with Gasteiger partial charge in [0.2, 0.25) is 0 Å². The predicted molar refractivity (Wildman–Crippen MR) is 41.5 cm³/mol. The molecule has 0 amide bonds. The van der Waals surface area contributed by atoms with Gasteiger partial charge in [0.05, 0.1) is 6.10 Å². The summed E-state index contributed by atoms with van der Waals surface area (Å²) in [7, 11) is 0. The Hall–Kier alpha value is -0.920. The first-order valence-electron chi connectivity index (χ1n) is 3.26. The van der Waals surface area contributed by atoms with Crippen molar-refractivity contribution in [2.45, 2.75) is 20.0 Å². The molecule has 0 aromatic carbocycles. The van der Waals surface area contributed by atoms with Crippen LogP contribution in [0.3, 0.4) is 0 Å². The second-order valence-electron chi connectivity index (χ2n) is 2.14. The van der Waals surface area contributed by atoms with Crippen LogP contribution in [0.2, 0.25) is 0 Å². The fraction of sp³-hybridized carbons (Fsp3) is 0.500. The van der Waals surface area contributed by atoms with Gasteiger partial charge in [-0.3, -0.25) is 0 Å². The molecule has 2 heteroatoms. The van der Waals surface area contributed by atoms with Crippen molar-refractivity contribution >= 4 is 0 Å². The highest BCUT2D eigenvalue weighted by atomic mass is 16.7. The van der Waals surface area contributed by atoms with Crippen LogP contribution in [0.15, 0.2) is 25.2 Å². The highest BCUT2D eigenvalue weighted by Gasteiger charge is 1.96. The molecule has 0 atom stereocenters. The van der Waals surface area contributed by atoms with Crippen molar-refractivity contribution in [1.82, 2.24) is 0 Å². The zero-order valence-electron chi connectivity index (χ0n) is 6.59. The van der Waals surface area contributed by atoms with Gasteiger partial charge >= 0.3 is 0 Å². The fourth-order valence-corrected chi connectivity index (χ4v) is 0.449. The van der Waals surface area contributed by atoms with E-state index in [0.717, 1.165) is 0 Å². The van der Waals surface area contributed by atoms with Gasteiger partial charge in [-0.1, -0.05) is 12.7 Å². The molecule has 0 saturated heterocycles. The first kappa shape index (κ1) is 9.08. The molecular weight excluding hydrogens is 128 g/mol. The molecule has 0 saturated carbocycles. The van der Waals surface area contributed by atoms with Crippen LogP contribution < -0.4 is 0 Å². The number of hydrogen-bond acceptors (Lipinski definition) is 2. The summed E-state index contributed by atoms with van der Waals surface area (Å²) in [4.78, 5) is 0. The predicted octanol–water partition coefficient (Wildman–Crippen LogP) is 2.09. The molecule has 0 rings (SSSR count).